The molecule has 0 unspecified atom stereocenters. The summed E-state index contributed by atoms with van der Waals surface area (Å²) in [5, 5.41) is 13.3. The quantitative estimate of drug-likeness (QED) is 0.226. The van der Waals surface area contributed by atoms with Gasteiger partial charge < -0.3 is 9.84 Å². The van der Waals surface area contributed by atoms with Crippen LogP contribution in [0.3, 0.4) is 0 Å². The van der Waals surface area contributed by atoms with Crippen molar-refractivity contribution in [2.24, 2.45) is 0 Å². The van der Waals surface area contributed by atoms with Crippen molar-refractivity contribution in [2.45, 2.75) is 27.1 Å². The molecule has 3 heteroatoms. The molecule has 1 N–H and O–H groups in total. The van der Waals surface area contributed by atoms with Gasteiger partial charge in [0.15, 0.2) is 0 Å². The zero-order valence-electron chi connectivity index (χ0n) is 21.4. The summed E-state index contributed by atoms with van der Waals surface area (Å²) >= 11 is 0. The Morgan fingerprint density at radius 1 is 0.541 bits per heavy atom. The predicted octanol–water partition coefficient (Wildman–Crippen LogP) is 7.21. The first-order valence-corrected chi connectivity index (χ1v) is 14.1. The van der Waals surface area contributed by atoms with Crippen molar-refractivity contribution in [1.82, 2.24) is 0 Å². The average Bonchev–Trinajstić information content (AvgIpc) is 2.99. The van der Waals surface area contributed by atoms with E-state index in [4.69, 9.17) is 4.74 Å². The van der Waals surface area contributed by atoms with Gasteiger partial charge in [-0.1, -0.05) is 141 Å². The number of aliphatic hydroxyl groups is 1. The van der Waals surface area contributed by atoms with E-state index in [0.717, 1.165) is 22.4 Å². The Bertz CT molecular complexity index is 1330. The van der Waals surface area contributed by atoms with Crippen LogP contribution in [0.25, 0.3) is 11.1 Å². The highest BCUT2D eigenvalue weighted by Crippen LogP contribution is 2.39. The van der Waals surface area contributed by atoms with Crippen LogP contribution in [0.15, 0.2) is 133 Å². The lowest BCUT2D eigenvalue weighted by Crippen LogP contribution is -2.22. The summed E-state index contributed by atoms with van der Waals surface area (Å²) in [5.74, 6) is 0.863. The van der Waals surface area contributed by atoms with Crippen LogP contribution in [0.2, 0.25) is 0 Å². The van der Waals surface area contributed by atoms with Crippen molar-refractivity contribution in [1.29, 1.82) is 0 Å². The van der Waals surface area contributed by atoms with Crippen LogP contribution >= 0.6 is 7.92 Å². The minimum Gasteiger partial charge on any atom is -0.488 e. The fraction of sp³-hybridized carbons (Fsp3) is 0.118. The van der Waals surface area contributed by atoms with Crippen LogP contribution < -0.4 is 20.7 Å². The number of ether oxygens (including phenoxy) is 1. The number of hydrogen-bond acceptors (Lipinski definition) is 2. The molecule has 2 nitrogen and oxygen atoms in total. The molecule has 0 heterocycles. The third-order valence-electron chi connectivity index (χ3n) is 5.95. The maximum absolute atomic E-state index is 9.30. The second kappa shape index (κ2) is 13.6. The van der Waals surface area contributed by atoms with Crippen molar-refractivity contribution in [2.75, 3.05) is 0 Å². The number of para-hydroxylation sites is 1. The molecule has 0 saturated heterocycles. The van der Waals surface area contributed by atoms with Crippen molar-refractivity contribution < 1.29 is 9.84 Å². The van der Waals surface area contributed by atoms with Gasteiger partial charge in [-0.05, 0) is 46.6 Å². The number of benzene rings is 5. The van der Waals surface area contributed by atoms with Crippen molar-refractivity contribution >= 4 is 23.8 Å². The summed E-state index contributed by atoms with van der Waals surface area (Å²) in [4.78, 5) is 0. The van der Waals surface area contributed by atoms with Gasteiger partial charge in [0, 0.05) is 5.56 Å². The lowest BCUT2D eigenvalue weighted by Gasteiger charge is -2.23. The Kier molecular flexibility index (Phi) is 9.66. The maximum Gasteiger partial charge on any atom is 0.127 e. The maximum atomic E-state index is 9.30. The Morgan fingerprint density at radius 2 is 1.03 bits per heavy atom. The highest BCUT2D eigenvalue weighted by Gasteiger charge is 2.21. The van der Waals surface area contributed by atoms with Gasteiger partial charge in [-0.25, -0.2) is 0 Å². The highest BCUT2D eigenvalue weighted by atomic mass is 31.1. The largest absolute Gasteiger partial charge is 0.488 e. The third kappa shape index (κ3) is 6.54. The fourth-order valence-corrected chi connectivity index (χ4v) is 6.66. The molecule has 0 atom stereocenters. The molecule has 0 amide bonds. The van der Waals surface area contributed by atoms with Gasteiger partial charge in [-0.3, -0.25) is 0 Å². The van der Waals surface area contributed by atoms with E-state index in [1.165, 1.54) is 21.5 Å². The SMILES string of the molecule is CC.OCc1ccc(COc2ccccc2-c2ccccc2P(c2ccccc2)c2ccccc2)cc1. The van der Waals surface area contributed by atoms with E-state index in [-0.39, 0.29) is 6.61 Å². The van der Waals surface area contributed by atoms with Gasteiger partial charge in [0.25, 0.3) is 0 Å². The molecule has 0 saturated carbocycles. The van der Waals surface area contributed by atoms with Crippen molar-refractivity contribution in [3.63, 3.8) is 0 Å². The minimum absolute atomic E-state index is 0.0482. The van der Waals surface area contributed by atoms with Gasteiger partial charge in [0.1, 0.15) is 12.4 Å². The van der Waals surface area contributed by atoms with E-state index in [0.29, 0.717) is 6.61 Å². The zero-order chi connectivity index (χ0) is 25.9. The summed E-state index contributed by atoms with van der Waals surface area (Å²) in [6.07, 6.45) is 0. The second-order valence-electron chi connectivity index (χ2n) is 8.28. The normalized spacial score (nSPS) is 10.5. The standard InChI is InChI=1S/C32H27O2P.C2H6/c33-23-25-19-21-26(22-20-25)24-34-31-17-9-7-15-29(31)30-16-8-10-18-32(30)35(27-11-3-1-4-12-27)28-13-5-2-6-14-28;1-2/h1-22,33H,23-24H2;1-2H3. The van der Waals surface area contributed by atoms with Crippen LogP contribution in [-0.4, -0.2) is 5.11 Å². The second-order valence-corrected chi connectivity index (χ2v) is 10.5. The molecule has 0 radical (unpaired) electrons. The molecule has 5 aromatic rings. The summed E-state index contributed by atoms with van der Waals surface area (Å²) in [5.41, 5.74) is 4.26. The first-order chi connectivity index (χ1) is 18.3. The van der Waals surface area contributed by atoms with E-state index in [9.17, 15) is 5.11 Å². The molecule has 0 aliphatic rings. The zero-order valence-corrected chi connectivity index (χ0v) is 22.3. The molecule has 5 aromatic carbocycles. The first kappa shape index (κ1) is 26.4. The molecular weight excluding hydrogens is 471 g/mol. The molecule has 0 aliphatic carbocycles. The molecular formula is C34H33O2P. The average molecular weight is 505 g/mol. The van der Waals surface area contributed by atoms with Gasteiger partial charge in [-0.2, -0.15) is 0 Å². The van der Waals surface area contributed by atoms with E-state index in [2.05, 4.69) is 97.1 Å². The smallest absolute Gasteiger partial charge is 0.127 e. The number of hydrogen-bond donors (Lipinski definition) is 1. The molecule has 0 aromatic heterocycles. The lowest BCUT2D eigenvalue weighted by molar-refractivity contribution is 0.281. The molecule has 37 heavy (non-hydrogen) atoms. The van der Waals surface area contributed by atoms with Crippen LogP contribution in [0.4, 0.5) is 0 Å². The molecule has 5 rings (SSSR count). The Hall–Kier alpha value is -3.71. The Labute approximate surface area is 222 Å². The van der Waals surface area contributed by atoms with Crippen LogP contribution in [0.1, 0.15) is 25.0 Å². The molecule has 0 bridgehead atoms. The first-order valence-electron chi connectivity index (χ1n) is 12.7. The van der Waals surface area contributed by atoms with Crippen molar-refractivity contribution in [3.05, 3.63) is 145 Å². The topological polar surface area (TPSA) is 29.5 Å². The minimum atomic E-state index is -0.741. The predicted molar refractivity (Wildman–Crippen MR) is 159 cm³/mol. The summed E-state index contributed by atoms with van der Waals surface area (Å²) in [6, 6.07) is 46.4. The summed E-state index contributed by atoms with van der Waals surface area (Å²) in [7, 11) is -0.741. The van der Waals surface area contributed by atoms with Gasteiger partial charge >= 0.3 is 0 Å². The lowest BCUT2D eigenvalue weighted by atomic mass is 10.0. The van der Waals surface area contributed by atoms with E-state index >= 15 is 0 Å². The summed E-state index contributed by atoms with van der Waals surface area (Å²) < 4.78 is 6.34. The van der Waals surface area contributed by atoms with Crippen molar-refractivity contribution in [3.8, 4) is 16.9 Å². The van der Waals surface area contributed by atoms with Gasteiger partial charge in [0.2, 0.25) is 0 Å². The molecule has 186 valence electrons. The number of aliphatic hydroxyl groups excluding tert-OH is 1. The van der Waals surface area contributed by atoms with Gasteiger partial charge in [-0.15, -0.1) is 0 Å². The van der Waals surface area contributed by atoms with Crippen LogP contribution in [-0.2, 0) is 13.2 Å². The Morgan fingerprint density at radius 3 is 1.62 bits per heavy atom. The molecule has 0 fully saturated rings. The summed E-state index contributed by atoms with van der Waals surface area (Å²) in [6.45, 7) is 4.52. The van der Waals surface area contributed by atoms with E-state index < -0.39 is 7.92 Å². The molecule has 0 aliphatic heterocycles. The van der Waals surface area contributed by atoms with Gasteiger partial charge in [0.05, 0.1) is 6.61 Å². The monoisotopic (exact) mass is 504 g/mol. The highest BCUT2D eigenvalue weighted by molar-refractivity contribution is 7.80. The van der Waals surface area contributed by atoms with E-state index in [1.54, 1.807) is 0 Å². The van der Waals surface area contributed by atoms with Crippen LogP contribution in [0, 0.1) is 0 Å². The third-order valence-corrected chi connectivity index (χ3v) is 8.45. The van der Waals surface area contributed by atoms with E-state index in [1.807, 2.05) is 50.2 Å². The fourth-order valence-electron chi connectivity index (χ4n) is 4.19. The number of rotatable bonds is 8. The molecule has 0 spiro atoms. The Balaban J connectivity index is 0.00000156. The van der Waals surface area contributed by atoms with Crippen LogP contribution in [0.5, 0.6) is 5.75 Å².